The van der Waals surface area contributed by atoms with Crippen molar-refractivity contribution in [3.8, 4) is 0 Å². The minimum absolute atomic E-state index is 0.628. The maximum absolute atomic E-state index is 3.86. The van der Waals surface area contributed by atoms with Gasteiger partial charge in [0.2, 0.25) is 0 Å². The van der Waals surface area contributed by atoms with Gasteiger partial charge in [0.05, 0.1) is 0 Å². The summed E-state index contributed by atoms with van der Waals surface area (Å²) in [5, 5.41) is 6.08. The molecule has 0 aromatic carbocycles. The molecule has 1 aliphatic rings. The van der Waals surface area contributed by atoms with Gasteiger partial charge in [0.15, 0.2) is 0 Å². The van der Waals surface area contributed by atoms with Crippen molar-refractivity contribution >= 4 is 23.1 Å². The van der Waals surface area contributed by atoms with E-state index in [0.717, 1.165) is 5.92 Å². The first-order chi connectivity index (χ1) is 9.92. The molecule has 1 aromatic rings. The molecule has 1 nitrogen and oxygen atoms in total. The van der Waals surface area contributed by atoms with Gasteiger partial charge in [-0.3, -0.25) is 0 Å². The molecule has 0 amide bonds. The molecule has 0 spiro atoms. The minimum atomic E-state index is 0.628. The van der Waals surface area contributed by atoms with Gasteiger partial charge in [-0.05, 0) is 61.6 Å². The van der Waals surface area contributed by atoms with Crippen LogP contribution in [0.2, 0.25) is 0 Å². The van der Waals surface area contributed by atoms with Crippen molar-refractivity contribution in [3.05, 3.63) is 22.4 Å². The first kappa shape index (κ1) is 16.4. The predicted molar refractivity (Wildman–Crippen MR) is 93.9 cm³/mol. The predicted octanol–water partition coefficient (Wildman–Crippen LogP) is 5.49. The van der Waals surface area contributed by atoms with Crippen LogP contribution in [0.4, 0.5) is 0 Å². The van der Waals surface area contributed by atoms with Crippen LogP contribution in [-0.4, -0.2) is 18.6 Å². The van der Waals surface area contributed by atoms with E-state index in [0.29, 0.717) is 6.04 Å². The Balaban J connectivity index is 1.69. The van der Waals surface area contributed by atoms with E-state index < -0.39 is 0 Å². The number of hydrogen-bond donors (Lipinski definition) is 1. The Labute approximate surface area is 132 Å². The van der Waals surface area contributed by atoms with Crippen molar-refractivity contribution in [2.75, 3.05) is 18.6 Å². The zero-order chi connectivity index (χ0) is 14.0. The third-order valence-corrected chi connectivity index (χ3v) is 6.01. The zero-order valence-corrected chi connectivity index (χ0v) is 14.4. The van der Waals surface area contributed by atoms with Crippen molar-refractivity contribution in [2.45, 2.75) is 57.4 Å². The molecule has 0 saturated heterocycles. The second-order valence-corrected chi connectivity index (χ2v) is 7.86. The molecular formula is C17H29NS2. The van der Waals surface area contributed by atoms with E-state index >= 15 is 0 Å². The third-order valence-electron chi connectivity index (χ3n) is 4.36. The summed E-state index contributed by atoms with van der Waals surface area (Å²) in [5.74, 6) is 2.21. The summed E-state index contributed by atoms with van der Waals surface area (Å²) in [6.07, 6.45) is 13.4. The average Bonchev–Trinajstić information content (AvgIpc) is 3.14. The Morgan fingerprint density at radius 2 is 2.05 bits per heavy atom. The van der Waals surface area contributed by atoms with Crippen LogP contribution >= 0.6 is 23.1 Å². The summed E-state index contributed by atoms with van der Waals surface area (Å²) in [5.41, 5.74) is 0. The van der Waals surface area contributed by atoms with Gasteiger partial charge in [-0.15, -0.1) is 11.3 Å². The molecule has 3 heteroatoms. The fourth-order valence-electron chi connectivity index (χ4n) is 3.24. The molecule has 20 heavy (non-hydrogen) atoms. The minimum Gasteiger partial charge on any atom is -0.309 e. The first-order valence-electron chi connectivity index (χ1n) is 8.17. The summed E-state index contributed by atoms with van der Waals surface area (Å²) in [4.78, 5) is 1.55. The lowest BCUT2D eigenvalue weighted by atomic mass is 9.96. The van der Waals surface area contributed by atoms with E-state index in [9.17, 15) is 0 Å². The lowest BCUT2D eigenvalue weighted by molar-refractivity contribution is 0.368. The molecule has 1 heterocycles. The Kier molecular flexibility index (Phi) is 8.07. The fourth-order valence-corrected chi connectivity index (χ4v) is 4.63. The number of nitrogens with one attached hydrogen (secondary N) is 1. The van der Waals surface area contributed by atoms with Crippen LogP contribution in [0.3, 0.4) is 0 Å². The fraction of sp³-hybridized carbons (Fsp3) is 0.765. The zero-order valence-electron chi connectivity index (χ0n) is 12.8. The second-order valence-electron chi connectivity index (χ2n) is 5.90. The van der Waals surface area contributed by atoms with Gasteiger partial charge in [-0.2, -0.15) is 11.8 Å². The molecule has 1 fully saturated rings. The lowest BCUT2D eigenvalue weighted by Crippen LogP contribution is -2.27. The van der Waals surface area contributed by atoms with E-state index in [1.54, 1.807) is 4.88 Å². The van der Waals surface area contributed by atoms with Crippen LogP contribution in [0.5, 0.6) is 0 Å². The Hall–Kier alpha value is 0.01000. The van der Waals surface area contributed by atoms with Crippen LogP contribution in [-0.2, 0) is 0 Å². The van der Waals surface area contributed by atoms with Crippen molar-refractivity contribution in [1.29, 1.82) is 0 Å². The topological polar surface area (TPSA) is 12.0 Å². The highest BCUT2D eigenvalue weighted by atomic mass is 32.2. The van der Waals surface area contributed by atoms with Crippen LogP contribution in [0.1, 0.15) is 62.3 Å². The van der Waals surface area contributed by atoms with E-state index in [2.05, 4.69) is 29.1 Å². The Morgan fingerprint density at radius 3 is 2.75 bits per heavy atom. The van der Waals surface area contributed by atoms with E-state index in [4.69, 9.17) is 0 Å². The summed E-state index contributed by atoms with van der Waals surface area (Å²) < 4.78 is 0. The van der Waals surface area contributed by atoms with Crippen molar-refractivity contribution in [2.24, 2.45) is 5.92 Å². The van der Waals surface area contributed by atoms with Crippen molar-refractivity contribution < 1.29 is 0 Å². The number of rotatable bonds is 10. The third kappa shape index (κ3) is 5.42. The molecule has 1 aliphatic carbocycles. The highest BCUT2D eigenvalue weighted by Gasteiger charge is 2.26. The number of unbranched alkanes of at least 4 members (excludes halogenated alkanes) is 3. The van der Waals surface area contributed by atoms with Gasteiger partial charge in [-0.25, -0.2) is 0 Å². The Bertz CT molecular complexity index is 331. The van der Waals surface area contributed by atoms with Crippen molar-refractivity contribution in [3.63, 3.8) is 0 Å². The normalized spacial score (nSPS) is 17.6. The van der Waals surface area contributed by atoms with Crippen LogP contribution in [0.15, 0.2) is 17.5 Å². The Morgan fingerprint density at radius 1 is 1.25 bits per heavy atom. The molecule has 0 bridgehead atoms. The van der Waals surface area contributed by atoms with Crippen LogP contribution in [0.25, 0.3) is 0 Å². The smallest absolute Gasteiger partial charge is 0.0443 e. The quantitative estimate of drug-likeness (QED) is 0.573. The largest absolute Gasteiger partial charge is 0.309 e. The van der Waals surface area contributed by atoms with Crippen LogP contribution in [0, 0.1) is 5.92 Å². The summed E-state index contributed by atoms with van der Waals surface area (Å²) in [6, 6.07) is 5.15. The average molecular weight is 312 g/mol. The SMILES string of the molecule is CSCCCCCCNC(c1cccs1)C1CCCC1. The molecule has 0 aliphatic heterocycles. The lowest BCUT2D eigenvalue weighted by Gasteiger charge is -2.24. The van der Waals surface area contributed by atoms with Crippen LogP contribution < -0.4 is 5.32 Å². The molecular weight excluding hydrogens is 282 g/mol. The van der Waals surface area contributed by atoms with Gasteiger partial charge in [0.1, 0.15) is 0 Å². The van der Waals surface area contributed by atoms with E-state index in [-0.39, 0.29) is 0 Å². The highest BCUT2D eigenvalue weighted by Crippen LogP contribution is 2.37. The second kappa shape index (κ2) is 9.86. The maximum atomic E-state index is 3.86. The number of thiophene rings is 1. The monoisotopic (exact) mass is 311 g/mol. The van der Waals surface area contributed by atoms with Gasteiger partial charge >= 0.3 is 0 Å². The molecule has 2 rings (SSSR count). The van der Waals surface area contributed by atoms with Crippen molar-refractivity contribution in [1.82, 2.24) is 5.32 Å². The summed E-state index contributed by atoms with van der Waals surface area (Å²) in [7, 11) is 0. The van der Waals surface area contributed by atoms with Gasteiger partial charge in [-0.1, -0.05) is 31.7 Å². The standard InChI is InChI=1S/C17H29NS2/c1-19-13-7-3-2-6-12-18-17(15-9-4-5-10-15)16-11-8-14-20-16/h8,11,14-15,17-18H,2-7,9-10,12-13H2,1H3. The van der Waals surface area contributed by atoms with E-state index in [1.165, 1.54) is 63.7 Å². The molecule has 1 saturated carbocycles. The molecule has 0 radical (unpaired) electrons. The molecule has 1 N–H and O–H groups in total. The number of thioether (sulfide) groups is 1. The van der Waals surface area contributed by atoms with Gasteiger partial charge < -0.3 is 5.32 Å². The maximum Gasteiger partial charge on any atom is 0.0443 e. The molecule has 114 valence electrons. The van der Waals surface area contributed by atoms with Gasteiger partial charge in [0, 0.05) is 10.9 Å². The summed E-state index contributed by atoms with van der Waals surface area (Å²) >= 11 is 3.90. The number of hydrogen-bond acceptors (Lipinski definition) is 3. The molecule has 1 atom stereocenters. The first-order valence-corrected chi connectivity index (χ1v) is 10.4. The molecule has 1 aromatic heterocycles. The van der Waals surface area contributed by atoms with E-state index in [1.807, 2.05) is 23.1 Å². The molecule has 1 unspecified atom stereocenters. The summed E-state index contributed by atoms with van der Waals surface area (Å²) in [6.45, 7) is 1.19. The highest BCUT2D eigenvalue weighted by molar-refractivity contribution is 7.98. The van der Waals surface area contributed by atoms with Gasteiger partial charge in [0.25, 0.3) is 0 Å².